The van der Waals surface area contributed by atoms with E-state index >= 15 is 0 Å². The highest BCUT2D eigenvalue weighted by Gasteiger charge is 2.27. The molecule has 1 aromatic rings. The van der Waals surface area contributed by atoms with Crippen molar-refractivity contribution in [3.05, 3.63) is 30.3 Å². The lowest BCUT2D eigenvalue weighted by Gasteiger charge is -2.31. The third-order valence-corrected chi connectivity index (χ3v) is 3.72. The number of anilines is 1. The first-order chi connectivity index (χ1) is 9.66. The van der Waals surface area contributed by atoms with Crippen LogP contribution in [0.4, 0.5) is 5.69 Å². The number of para-hydroxylation sites is 1. The van der Waals surface area contributed by atoms with E-state index in [1.165, 1.54) is 0 Å². The lowest BCUT2D eigenvalue weighted by Crippen LogP contribution is -3.18. The summed E-state index contributed by atoms with van der Waals surface area (Å²) in [4.78, 5) is 24.2. The van der Waals surface area contributed by atoms with Gasteiger partial charge in [-0.05, 0) is 31.4 Å². The second-order valence-corrected chi connectivity index (χ2v) is 5.21. The number of nitrogens with one attached hydrogen (secondary N) is 2. The summed E-state index contributed by atoms with van der Waals surface area (Å²) in [6, 6.07) is 8.30. The first kappa shape index (κ1) is 14.5. The van der Waals surface area contributed by atoms with Gasteiger partial charge in [0, 0.05) is 5.69 Å². The van der Waals surface area contributed by atoms with Crippen LogP contribution in [-0.2, 0) is 9.59 Å². The van der Waals surface area contributed by atoms with Crippen molar-refractivity contribution < 1.29 is 19.6 Å². The van der Waals surface area contributed by atoms with E-state index in [9.17, 15) is 14.7 Å². The molecule has 1 heterocycles. The first-order valence-electron chi connectivity index (χ1n) is 7.07. The van der Waals surface area contributed by atoms with Crippen molar-refractivity contribution in [3.63, 3.8) is 0 Å². The Morgan fingerprint density at radius 3 is 2.40 bits per heavy atom. The molecule has 0 aliphatic carbocycles. The van der Waals surface area contributed by atoms with E-state index in [2.05, 4.69) is 5.32 Å². The van der Waals surface area contributed by atoms with E-state index in [0.29, 0.717) is 5.69 Å². The van der Waals surface area contributed by atoms with Gasteiger partial charge in [0.1, 0.15) is 6.04 Å². The number of hydrogen-bond donors (Lipinski definition) is 2. The average molecular weight is 276 g/mol. The predicted molar refractivity (Wildman–Crippen MR) is 73.0 cm³/mol. The Morgan fingerprint density at radius 2 is 1.80 bits per heavy atom. The van der Waals surface area contributed by atoms with Crippen molar-refractivity contribution in [1.82, 2.24) is 0 Å². The molecule has 1 aliphatic rings. The highest BCUT2D eigenvalue weighted by atomic mass is 16.4. The molecule has 1 aliphatic heterocycles. The van der Waals surface area contributed by atoms with Crippen molar-refractivity contribution in [2.45, 2.75) is 31.7 Å². The molecule has 2 rings (SSSR count). The largest absolute Gasteiger partial charge is 0.544 e. The van der Waals surface area contributed by atoms with Crippen molar-refractivity contribution in [3.8, 4) is 0 Å². The fraction of sp³-hybridized carbons (Fsp3) is 0.467. The molecule has 5 nitrogen and oxygen atoms in total. The van der Waals surface area contributed by atoms with Crippen LogP contribution < -0.4 is 15.3 Å². The van der Waals surface area contributed by atoms with E-state index in [4.69, 9.17) is 0 Å². The zero-order valence-corrected chi connectivity index (χ0v) is 11.4. The van der Waals surface area contributed by atoms with Crippen LogP contribution in [0.25, 0.3) is 0 Å². The molecule has 1 saturated heterocycles. The summed E-state index contributed by atoms with van der Waals surface area (Å²) in [7, 11) is 0. The third kappa shape index (κ3) is 4.06. The zero-order chi connectivity index (χ0) is 14.4. The molecule has 0 bridgehead atoms. The minimum atomic E-state index is -1.13. The van der Waals surface area contributed by atoms with E-state index in [1.807, 2.05) is 18.2 Å². The number of quaternary nitrogens is 1. The van der Waals surface area contributed by atoms with E-state index in [-0.39, 0.29) is 12.3 Å². The van der Waals surface area contributed by atoms with E-state index in [0.717, 1.165) is 37.3 Å². The Bertz CT molecular complexity index is 455. The number of likely N-dealkylation sites (tertiary alicyclic amines) is 1. The minimum absolute atomic E-state index is 0.0352. The molecule has 0 unspecified atom stereocenters. The molecule has 5 heteroatoms. The number of carbonyl (C=O) groups excluding carboxylic acids is 2. The van der Waals surface area contributed by atoms with Crippen molar-refractivity contribution in [1.29, 1.82) is 0 Å². The van der Waals surface area contributed by atoms with Crippen LogP contribution in [0, 0.1) is 0 Å². The minimum Gasteiger partial charge on any atom is -0.544 e. The Kier molecular flexibility index (Phi) is 5.12. The van der Waals surface area contributed by atoms with Gasteiger partial charge in [0.05, 0.1) is 25.5 Å². The fourth-order valence-electron chi connectivity index (χ4n) is 2.67. The van der Waals surface area contributed by atoms with Crippen LogP contribution in [0.2, 0.25) is 0 Å². The fourth-order valence-corrected chi connectivity index (χ4v) is 2.67. The van der Waals surface area contributed by atoms with Gasteiger partial charge in [0.25, 0.3) is 0 Å². The molecule has 1 atom stereocenters. The molecule has 1 aromatic carbocycles. The maximum atomic E-state index is 12.0. The van der Waals surface area contributed by atoms with Gasteiger partial charge in [-0.3, -0.25) is 4.79 Å². The van der Waals surface area contributed by atoms with Crippen LogP contribution in [-0.4, -0.2) is 31.0 Å². The second kappa shape index (κ2) is 7.05. The molecule has 0 radical (unpaired) electrons. The Morgan fingerprint density at radius 1 is 1.15 bits per heavy atom. The topological polar surface area (TPSA) is 73.7 Å². The van der Waals surface area contributed by atoms with Gasteiger partial charge in [-0.25, -0.2) is 0 Å². The van der Waals surface area contributed by atoms with E-state index in [1.54, 1.807) is 12.1 Å². The Balaban J connectivity index is 1.93. The van der Waals surface area contributed by atoms with Crippen LogP contribution >= 0.6 is 0 Å². The van der Waals surface area contributed by atoms with E-state index < -0.39 is 12.0 Å². The quantitative estimate of drug-likeness (QED) is 0.739. The standard InChI is InChI=1S/C15H20N2O3/c18-14(16-12-7-3-1-4-8-12)11-13(15(19)20)17-9-5-2-6-10-17/h1,3-4,7-8,13H,2,5-6,9-11H2,(H,16,18)(H,19,20)/t13-/m1/s1. The maximum absolute atomic E-state index is 12.0. The SMILES string of the molecule is O=C(C[C@H](C(=O)[O-])[NH+]1CCCCC1)Nc1ccccc1. The van der Waals surface area contributed by atoms with Gasteiger partial charge < -0.3 is 20.1 Å². The lowest BCUT2D eigenvalue weighted by molar-refractivity contribution is -0.922. The Hall–Kier alpha value is -1.88. The van der Waals surface area contributed by atoms with Gasteiger partial charge in [-0.15, -0.1) is 0 Å². The first-order valence-corrected chi connectivity index (χ1v) is 7.07. The number of amides is 1. The van der Waals surface area contributed by atoms with Crippen molar-refractivity contribution in [2.24, 2.45) is 0 Å². The predicted octanol–water partition coefficient (Wildman–Crippen LogP) is -0.797. The van der Waals surface area contributed by atoms with Crippen LogP contribution in [0.15, 0.2) is 30.3 Å². The van der Waals surface area contributed by atoms with Gasteiger partial charge in [-0.1, -0.05) is 18.2 Å². The molecule has 0 spiro atoms. The van der Waals surface area contributed by atoms with Gasteiger partial charge >= 0.3 is 0 Å². The number of aliphatic carboxylic acids is 1. The number of rotatable bonds is 5. The Labute approximate surface area is 118 Å². The highest BCUT2D eigenvalue weighted by Crippen LogP contribution is 2.06. The normalized spacial score (nSPS) is 17.4. The third-order valence-electron chi connectivity index (χ3n) is 3.72. The molecular formula is C15H20N2O3. The molecule has 1 fully saturated rings. The van der Waals surface area contributed by atoms with Crippen LogP contribution in [0.1, 0.15) is 25.7 Å². The molecule has 2 N–H and O–H groups in total. The summed E-state index contributed by atoms with van der Waals surface area (Å²) in [5, 5.41) is 14.0. The number of hydrogen-bond acceptors (Lipinski definition) is 3. The van der Waals surface area contributed by atoms with Gasteiger partial charge in [0.2, 0.25) is 5.91 Å². The molecule has 1 amide bonds. The molecule has 0 saturated carbocycles. The van der Waals surface area contributed by atoms with Crippen molar-refractivity contribution >= 4 is 17.6 Å². The summed E-state index contributed by atoms with van der Waals surface area (Å²) in [6.07, 6.45) is 3.13. The summed E-state index contributed by atoms with van der Waals surface area (Å²) in [5.41, 5.74) is 0.684. The summed E-state index contributed by atoms with van der Waals surface area (Å²) < 4.78 is 0. The van der Waals surface area contributed by atoms with Crippen molar-refractivity contribution in [2.75, 3.05) is 18.4 Å². The molecule has 108 valence electrons. The smallest absolute Gasteiger partial charge is 0.230 e. The number of piperidine rings is 1. The maximum Gasteiger partial charge on any atom is 0.230 e. The van der Waals surface area contributed by atoms with Crippen LogP contribution in [0.3, 0.4) is 0 Å². The summed E-state index contributed by atoms with van der Waals surface area (Å²) in [5.74, 6) is -1.41. The van der Waals surface area contributed by atoms with Gasteiger partial charge in [-0.2, -0.15) is 0 Å². The lowest BCUT2D eigenvalue weighted by atomic mass is 10.1. The molecular weight excluding hydrogens is 256 g/mol. The second-order valence-electron chi connectivity index (χ2n) is 5.21. The molecule has 20 heavy (non-hydrogen) atoms. The summed E-state index contributed by atoms with van der Waals surface area (Å²) in [6.45, 7) is 1.61. The number of benzene rings is 1. The monoisotopic (exact) mass is 276 g/mol. The number of carboxylic acids is 1. The summed E-state index contributed by atoms with van der Waals surface area (Å²) >= 11 is 0. The number of carboxylic acid groups (broad SMARTS) is 1. The highest BCUT2D eigenvalue weighted by molar-refractivity contribution is 5.93. The zero-order valence-electron chi connectivity index (χ0n) is 11.4. The number of carbonyl (C=O) groups is 2. The average Bonchev–Trinajstić information content (AvgIpc) is 2.46. The molecule has 0 aromatic heterocycles. The van der Waals surface area contributed by atoms with Crippen LogP contribution in [0.5, 0.6) is 0 Å². The van der Waals surface area contributed by atoms with Gasteiger partial charge in [0.15, 0.2) is 0 Å².